The molecule has 0 fully saturated rings. The molecule has 1 rings (SSSR count). The van der Waals surface area contributed by atoms with Gasteiger partial charge >= 0.3 is 0 Å². The van der Waals surface area contributed by atoms with Crippen LogP contribution in [0.25, 0.3) is 6.08 Å². The third kappa shape index (κ3) is 6.45. The van der Waals surface area contributed by atoms with Gasteiger partial charge in [0.1, 0.15) is 5.75 Å². The maximum absolute atomic E-state index is 8.65. The van der Waals surface area contributed by atoms with Gasteiger partial charge in [-0.1, -0.05) is 32.1 Å². The lowest BCUT2D eigenvalue weighted by atomic mass is 10.1. The Morgan fingerprint density at radius 2 is 2.06 bits per heavy atom. The average molecular weight is 254 g/mol. The molecule has 0 aliphatic rings. The van der Waals surface area contributed by atoms with Crippen molar-refractivity contribution in [2.75, 3.05) is 13.7 Å². The summed E-state index contributed by atoms with van der Waals surface area (Å²) < 4.78 is 5.25. The summed E-state index contributed by atoms with van der Waals surface area (Å²) in [5.74, 6) is 0.876. The zero-order valence-electron chi connectivity index (χ0n) is 10.9. The van der Waals surface area contributed by atoms with Gasteiger partial charge in [-0.05, 0) is 30.3 Å². The highest BCUT2D eigenvalue weighted by atomic mass is 31.0. The van der Waals surface area contributed by atoms with Gasteiger partial charge in [0.15, 0.2) is 0 Å². The zero-order valence-corrected chi connectivity index (χ0v) is 12.1. The normalized spacial score (nSPS) is 9.94. The molecule has 0 aromatic heterocycles. The predicted octanol–water partition coefficient (Wildman–Crippen LogP) is 3.01. The molecule has 1 aromatic carbocycles. The predicted molar refractivity (Wildman–Crippen MR) is 79.0 cm³/mol. The first-order valence-electron chi connectivity index (χ1n) is 5.99. The Morgan fingerprint density at radius 1 is 1.35 bits per heavy atom. The molecule has 0 aliphatic carbocycles. The quantitative estimate of drug-likeness (QED) is 0.646. The molecule has 0 saturated carbocycles. The van der Waals surface area contributed by atoms with Crippen LogP contribution in [0, 0.1) is 0 Å². The summed E-state index contributed by atoms with van der Waals surface area (Å²) in [6.45, 7) is 4.24. The van der Waals surface area contributed by atoms with Crippen molar-refractivity contribution >= 4 is 20.6 Å². The minimum Gasteiger partial charge on any atom is -0.496 e. The van der Waals surface area contributed by atoms with Gasteiger partial charge in [-0.15, -0.1) is 9.24 Å². The largest absolute Gasteiger partial charge is 0.496 e. The lowest BCUT2D eigenvalue weighted by molar-refractivity contribution is 0.290. The minimum atomic E-state index is 0.241. The number of aliphatic hydroxyl groups excluding tert-OH is 1. The van der Waals surface area contributed by atoms with Gasteiger partial charge in [-0.25, -0.2) is 0 Å². The summed E-state index contributed by atoms with van der Waals surface area (Å²) in [4.78, 5) is 0. The van der Waals surface area contributed by atoms with Crippen molar-refractivity contribution in [3.05, 3.63) is 29.8 Å². The molecule has 0 saturated heterocycles. The van der Waals surface area contributed by atoms with Crippen molar-refractivity contribution in [3.63, 3.8) is 0 Å². The summed E-state index contributed by atoms with van der Waals surface area (Å²) in [7, 11) is 4.33. The van der Waals surface area contributed by atoms with E-state index in [1.54, 1.807) is 7.11 Å². The fourth-order valence-electron chi connectivity index (χ4n) is 1.30. The van der Waals surface area contributed by atoms with Crippen molar-refractivity contribution in [1.82, 2.24) is 0 Å². The van der Waals surface area contributed by atoms with E-state index in [9.17, 15) is 0 Å². The lowest BCUT2D eigenvalue weighted by Gasteiger charge is -2.05. The van der Waals surface area contributed by atoms with Crippen molar-refractivity contribution < 1.29 is 9.84 Å². The number of unbranched alkanes of at least 4 members (excludes halogenated alkanes) is 1. The standard InChI is InChI=1S/C12H17O2P.C2H6/c1-14-12-7-6-11(15)9-10(12)5-3-2-4-8-13;1-2/h3,5-7,9,13H,2,4,8,15H2,1H3;1-2H3/b5-3+;. The van der Waals surface area contributed by atoms with Gasteiger partial charge in [-0.2, -0.15) is 0 Å². The smallest absolute Gasteiger partial charge is 0.126 e. The van der Waals surface area contributed by atoms with Crippen molar-refractivity contribution in [3.8, 4) is 5.75 Å². The summed E-state index contributed by atoms with van der Waals surface area (Å²) in [6, 6.07) is 6.00. The molecule has 0 bridgehead atoms. The Kier molecular flexibility index (Phi) is 9.80. The number of allylic oxidation sites excluding steroid dienone is 1. The number of methoxy groups -OCH3 is 1. The Bertz CT molecular complexity index is 335. The number of hydrogen-bond acceptors (Lipinski definition) is 2. The molecule has 96 valence electrons. The molecule has 1 atom stereocenters. The molecule has 17 heavy (non-hydrogen) atoms. The maximum Gasteiger partial charge on any atom is 0.126 e. The number of aliphatic hydroxyl groups is 1. The highest BCUT2D eigenvalue weighted by Gasteiger charge is 1.98. The second-order valence-corrected chi connectivity index (χ2v) is 3.94. The molecule has 0 heterocycles. The van der Waals surface area contributed by atoms with E-state index < -0.39 is 0 Å². The van der Waals surface area contributed by atoms with Gasteiger partial charge in [0.25, 0.3) is 0 Å². The zero-order chi connectivity index (χ0) is 13.1. The Balaban J connectivity index is 0.00000121. The van der Waals surface area contributed by atoms with Crippen LogP contribution in [0.1, 0.15) is 32.3 Å². The second-order valence-electron chi connectivity index (χ2n) is 3.27. The SMILES string of the molecule is CC.COc1ccc(P)cc1/C=C/CCCO. The van der Waals surface area contributed by atoms with E-state index in [1.807, 2.05) is 32.1 Å². The van der Waals surface area contributed by atoms with Gasteiger partial charge < -0.3 is 9.84 Å². The van der Waals surface area contributed by atoms with Crippen molar-refractivity contribution in [2.24, 2.45) is 0 Å². The van der Waals surface area contributed by atoms with E-state index in [2.05, 4.69) is 21.4 Å². The fraction of sp³-hybridized carbons (Fsp3) is 0.429. The average Bonchev–Trinajstić information content (AvgIpc) is 2.37. The van der Waals surface area contributed by atoms with Crippen molar-refractivity contribution in [2.45, 2.75) is 26.7 Å². The van der Waals surface area contributed by atoms with Crippen LogP contribution in [-0.4, -0.2) is 18.8 Å². The third-order valence-corrected chi connectivity index (χ3v) is 2.44. The Labute approximate surface area is 107 Å². The third-order valence-electron chi connectivity index (χ3n) is 2.08. The molecule has 0 spiro atoms. The van der Waals surface area contributed by atoms with E-state index in [0.29, 0.717) is 0 Å². The van der Waals surface area contributed by atoms with Crippen LogP contribution >= 0.6 is 9.24 Å². The van der Waals surface area contributed by atoms with E-state index >= 15 is 0 Å². The molecule has 1 N–H and O–H groups in total. The van der Waals surface area contributed by atoms with Gasteiger partial charge in [0.05, 0.1) is 7.11 Å². The number of rotatable bonds is 5. The van der Waals surface area contributed by atoms with Gasteiger partial charge in [-0.3, -0.25) is 0 Å². The summed E-state index contributed by atoms with van der Waals surface area (Å²) in [6.07, 6.45) is 5.78. The summed E-state index contributed by atoms with van der Waals surface area (Å²) in [5.41, 5.74) is 1.07. The monoisotopic (exact) mass is 254 g/mol. The van der Waals surface area contributed by atoms with Crippen LogP contribution in [-0.2, 0) is 0 Å². The van der Waals surface area contributed by atoms with E-state index in [0.717, 1.165) is 29.5 Å². The van der Waals surface area contributed by atoms with Crippen LogP contribution < -0.4 is 10.0 Å². The fourth-order valence-corrected chi connectivity index (χ4v) is 1.58. The van der Waals surface area contributed by atoms with Gasteiger partial charge in [0, 0.05) is 12.2 Å². The minimum absolute atomic E-state index is 0.241. The first kappa shape index (κ1) is 16.1. The molecular weight excluding hydrogens is 231 g/mol. The summed E-state index contributed by atoms with van der Waals surface area (Å²) >= 11 is 0. The first-order valence-corrected chi connectivity index (χ1v) is 6.56. The molecule has 3 heteroatoms. The Hall–Kier alpha value is -0.850. The molecule has 0 aliphatic heterocycles. The van der Waals surface area contributed by atoms with Crippen LogP contribution in [0.3, 0.4) is 0 Å². The van der Waals surface area contributed by atoms with Crippen LogP contribution in [0.15, 0.2) is 24.3 Å². The van der Waals surface area contributed by atoms with Crippen LogP contribution in [0.5, 0.6) is 5.75 Å². The van der Waals surface area contributed by atoms with Crippen LogP contribution in [0.4, 0.5) is 0 Å². The number of benzene rings is 1. The summed E-state index contributed by atoms with van der Waals surface area (Å²) in [5, 5.41) is 9.78. The molecule has 0 amide bonds. The lowest BCUT2D eigenvalue weighted by Crippen LogP contribution is -1.94. The maximum atomic E-state index is 8.65. The van der Waals surface area contributed by atoms with E-state index in [-0.39, 0.29) is 6.61 Å². The topological polar surface area (TPSA) is 29.5 Å². The highest BCUT2D eigenvalue weighted by Crippen LogP contribution is 2.19. The molecule has 1 aromatic rings. The Morgan fingerprint density at radius 3 is 2.65 bits per heavy atom. The second kappa shape index (κ2) is 10.3. The van der Waals surface area contributed by atoms with E-state index in [1.165, 1.54) is 0 Å². The molecule has 0 radical (unpaired) electrons. The number of ether oxygens (including phenoxy) is 1. The number of hydrogen-bond donors (Lipinski definition) is 1. The van der Waals surface area contributed by atoms with Gasteiger partial charge in [0.2, 0.25) is 0 Å². The van der Waals surface area contributed by atoms with E-state index in [4.69, 9.17) is 9.84 Å². The van der Waals surface area contributed by atoms with Crippen LogP contribution in [0.2, 0.25) is 0 Å². The highest BCUT2D eigenvalue weighted by molar-refractivity contribution is 7.27. The molecule has 1 unspecified atom stereocenters. The first-order chi connectivity index (χ1) is 8.27. The van der Waals surface area contributed by atoms with Crippen molar-refractivity contribution in [1.29, 1.82) is 0 Å². The molecule has 2 nitrogen and oxygen atoms in total. The molecular formula is C14H23O2P.